The van der Waals surface area contributed by atoms with Crippen molar-refractivity contribution in [2.24, 2.45) is 0 Å². The summed E-state index contributed by atoms with van der Waals surface area (Å²) >= 11 is 0. The number of aliphatic hydroxyl groups is 11. The molecule has 0 saturated carbocycles. The molecule has 4 rings (SSSR count). The van der Waals surface area contributed by atoms with Gasteiger partial charge < -0.3 is 105 Å². The molecule has 4 fully saturated rings. The smallest absolute Gasteiger partial charge is 0.217 e. The van der Waals surface area contributed by atoms with Crippen LogP contribution in [0, 0.1) is 0 Å². The average Bonchev–Trinajstić information content (AvgIpc) is 3.12. The lowest BCUT2D eigenvalue weighted by Crippen LogP contribution is -2.70. The van der Waals surface area contributed by atoms with Crippen LogP contribution in [0.3, 0.4) is 0 Å². The van der Waals surface area contributed by atoms with Crippen molar-refractivity contribution in [1.82, 2.24) is 16.0 Å². The number of aliphatic hydroxyl groups excluding tert-OH is 11. The maximum atomic E-state index is 12.2. The van der Waals surface area contributed by atoms with E-state index in [0.717, 1.165) is 20.8 Å². The van der Waals surface area contributed by atoms with Gasteiger partial charge in [-0.15, -0.1) is 0 Å². The van der Waals surface area contributed by atoms with E-state index in [0.29, 0.717) is 0 Å². The van der Waals surface area contributed by atoms with Gasteiger partial charge in [0.2, 0.25) is 17.7 Å². The molecule has 54 heavy (non-hydrogen) atoms. The van der Waals surface area contributed by atoms with Crippen LogP contribution in [0.1, 0.15) is 20.8 Å². The summed E-state index contributed by atoms with van der Waals surface area (Å²) in [4.78, 5) is 35.8. The largest absolute Gasteiger partial charge is 0.394 e. The van der Waals surface area contributed by atoms with Gasteiger partial charge in [0.15, 0.2) is 25.2 Å². The van der Waals surface area contributed by atoms with E-state index in [1.165, 1.54) is 0 Å². The maximum absolute atomic E-state index is 12.2. The first-order valence-electron chi connectivity index (χ1n) is 17.1. The Morgan fingerprint density at radius 2 is 0.796 bits per heavy atom. The van der Waals surface area contributed by atoms with Crippen molar-refractivity contribution in [3.63, 3.8) is 0 Å². The second kappa shape index (κ2) is 19.2. The van der Waals surface area contributed by atoms with Crippen LogP contribution in [0.4, 0.5) is 0 Å². The van der Waals surface area contributed by atoms with E-state index >= 15 is 0 Å². The van der Waals surface area contributed by atoms with Crippen molar-refractivity contribution in [2.45, 2.75) is 143 Å². The van der Waals surface area contributed by atoms with Gasteiger partial charge in [-0.25, -0.2) is 0 Å². The lowest BCUT2D eigenvalue weighted by Gasteiger charge is -2.50. The molecule has 0 aromatic carbocycles. The third-order valence-corrected chi connectivity index (χ3v) is 9.41. The Bertz CT molecular complexity index is 1250. The number of ether oxygens (including phenoxy) is 7. The lowest BCUT2D eigenvalue weighted by molar-refractivity contribution is -0.373. The van der Waals surface area contributed by atoms with E-state index in [1.54, 1.807) is 0 Å². The molecule has 4 saturated heterocycles. The molecule has 4 aliphatic heterocycles. The highest BCUT2D eigenvalue weighted by molar-refractivity contribution is 5.74. The predicted octanol–water partition coefficient (Wildman–Crippen LogP) is -9.32. The predicted molar refractivity (Wildman–Crippen MR) is 169 cm³/mol. The number of carbonyl (C=O) groups is 3. The zero-order chi connectivity index (χ0) is 40.2. The van der Waals surface area contributed by atoms with E-state index in [1.807, 2.05) is 0 Å². The van der Waals surface area contributed by atoms with E-state index in [2.05, 4.69) is 16.0 Å². The number of rotatable bonds is 13. The molecule has 0 aromatic rings. The minimum Gasteiger partial charge on any atom is -0.394 e. The molecule has 0 aliphatic carbocycles. The normalized spacial score (nSPS) is 45.7. The molecule has 0 radical (unpaired) electrons. The molecule has 4 aliphatic rings. The van der Waals surface area contributed by atoms with Crippen molar-refractivity contribution >= 4 is 17.7 Å². The first kappa shape index (κ1) is 44.4. The monoisotopic (exact) mass is 789 g/mol. The Labute approximate surface area is 307 Å². The Morgan fingerprint density at radius 1 is 0.444 bits per heavy atom. The van der Waals surface area contributed by atoms with E-state index in [9.17, 15) is 70.6 Å². The van der Waals surface area contributed by atoms with E-state index in [4.69, 9.17) is 33.2 Å². The molecule has 312 valence electrons. The molecule has 24 heteroatoms. The molecular weight excluding hydrogens is 738 g/mol. The second-order valence-electron chi connectivity index (χ2n) is 13.3. The zero-order valence-corrected chi connectivity index (χ0v) is 29.4. The van der Waals surface area contributed by atoms with Gasteiger partial charge in [-0.2, -0.15) is 0 Å². The SMILES string of the molecule is CC(=O)N[C@H]1[C@H](O[C@H]2[C@H](O)[C@@H](NC(C)=O)C(O)O[C@@H]2CO)O[C@H](CO)[C@@H](O[C@@H]2O[C@H](CO)[C@@H](O[C@@H]3O[C@H](CO)[C@@H](O)[C@H](O)[C@H]3NC(C)=O)[C@H](O)[C@@H]2O)[C@@H]1O. The fourth-order valence-electron chi connectivity index (χ4n) is 6.76. The van der Waals surface area contributed by atoms with Crippen LogP contribution >= 0.6 is 0 Å². The minimum absolute atomic E-state index is 0.660. The summed E-state index contributed by atoms with van der Waals surface area (Å²) < 4.78 is 39.7. The summed E-state index contributed by atoms with van der Waals surface area (Å²) in [6.07, 6.45) is -29.1. The average molecular weight is 790 g/mol. The van der Waals surface area contributed by atoms with Crippen LogP contribution in [0.15, 0.2) is 0 Å². The van der Waals surface area contributed by atoms with Gasteiger partial charge in [0.1, 0.15) is 97.5 Å². The van der Waals surface area contributed by atoms with Gasteiger partial charge in [0.25, 0.3) is 0 Å². The number of carbonyl (C=O) groups excluding carboxylic acids is 3. The maximum Gasteiger partial charge on any atom is 0.217 e. The highest BCUT2D eigenvalue weighted by Crippen LogP contribution is 2.34. The van der Waals surface area contributed by atoms with Gasteiger partial charge in [0, 0.05) is 20.8 Å². The van der Waals surface area contributed by atoms with Crippen molar-refractivity contribution in [3.05, 3.63) is 0 Å². The van der Waals surface area contributed by atoms with Gasteiger partial charge in [-0.05, 0) is 0 Å². The summed E-state index contributed by atoms with van der Waals surface area (Å²) in [7, 11) is 0. The molecule has 4 heterocycles. The van der Waals surface area contributed by atoms with Crippen LogP contribution in [-0.4, -0.2) is 223 Å². The molecule has 0 aromatic heterocycles. The van der Waals surface area contributed by atoms with Crippen molar-refractivity contribution in [3.8, 4) is 0 Å². The third kappa shape index (κ3) is 9.79. The fourth-order valence-corrected chi connectivity index (χ4v) is 6.76. The summed E-state index contributed by atoms with van der Waals surface area (Å²) in [5, 5.41) is 123. The van der Waals surface area contributed by atoms with E-state index in [-0.39, 0.29) is 0 Å². The van der Waals surface area contributed by atoms with Crippen molar-refractivity contribution < 1.29 is 104 Å². The van der Waals surface area contributed by atoms with Crippen molar-refractivity contribution in [1.29, 1.82) is 0 Å². The summed E-state index contributed by atoms with van der Waals surface area (Å²) in [6, 6.07) is -4.50. The molecule has 3 amide bonds. The number of hydrogen-bond acceptors (Lipinski definition) is 21. The lowest BCUT2D eigenvalue weighted by atomic mass is 9.94. The molecule has 0 spiro atoms. The zero-order valence-electron chi connectivity index (χ0n) is 29.4. The summed E-state index contributed by atoms with van der Waals surface area (Å²) in [5.74, 6) is -2.08. The topological polar surface area (TPSA) is 374 Å². The Hall–Kier alpha value is -2.31. The van der Waals surface area contributed by atoms with Gasteiger partial charge in [0.05, 0.1) is 26.4 Å². The Morgan fingerprint density at radius 3 is 1.26 bits per heavy atom. The van der Waals surface area contributed by atoms with Gasteiger partial charge in [-0.3, -0.25) is 14.4 Å². The molecule has 24 nitrogen and oxygen atoms in total. The van der Waals surface area contributed by atoms with Crippen LogP contribution in [-0.2, 0) is 47.5 Å². The first-order valence-corrected chi connectivity index (χ1v) is 17.1. The standard InChI is InChI=1S/C30H51N3O21/c1-8(38)31-15-20(43)24(12(5-35)48-27(15)47)52-29-17(33-10(3)40)21(44)25(13(6-36)50-29)54-30-23(46)22(45)26(14(7-37)51-30)53-28-16(32-9(2)39)19(42)18(41)11(4-34)49-28/h11-30,34-37,41-47H,4-7H2,1-3H3,(H,31,38)(H,32,39)(H,33,40)/t11-,12-,13-,14-,15-,16-,17-,18-,19-,20-,21-,22-,23+,24-,25-,26-,27?,28+,29+,30+/m1/s1. The minimum atomic E-state index is -2.05. The van der Waals surface area contributed by atoms with Gasteiger partial charge >= 0.3 is 0 Å². The number of nitrogens with one attached hydrogen (secondary N) is 3. The van der Waals surface area contributed by atoms with Crippen molar-refractivity contribution in [2.75, 3.05) is 26.4 Å². The van der Waals surface area contributed by atoms with Crippen LogP contribution in [0.5, 0.6) is 0 Å². The highest BCUT2D eigenvalue weighted by atomic mass is 16.8. The molecule has 14 N–H and O–H groups in total. The van der Waals surface area contributed by atoms with Crippen LogP contribution in [0.25, 0.3) is 0 Å². The molecule has 0 bridgehead atoms. The molecule has 20 atom stereocenters. The number of amides is 3. The van der Waals surface area contributed by atoms with Crippen LogP contribution < -0.4 is 16.0 Å². The molecule has 1 unspecified atom stereocenters. The Balaban J connectivity index is 1.53. The van der Waals surface area contributed by atoms with Gasteiger partial charge in [-0.1, -0.05) is 0 Å². The highest BCUT2D eigenvalue weighted by Gasteiger charge is 2.55. The van der Waals surface area contributed by atoms with Crippen LogP contribution in [0.2, 0.25) is 0 Å². The third-order valence-electron chi connectivity index (χ3n) is 9.41. The second-order valence-corrected chi connectivity index (χ2v) is 13.3. The fraction of sp³-hybridized carbons (Fsp3) is 0.900. The van der Waals surface area contributed by atoms with E-state index < -0.39 is 167 Å². The number of hydrogen-bond donors (Lipinski definition) is 14. The Kier molecular flexibility index (Phi) is 15.8. The summed E-state index contributed by atoms with van der Waals surface area (Å²) in [5.41, 5.74) is 0. The molecular formula is C30H51N3O21. The quantitative estimate of drug-likeness (QED) is 0.0823. The summed E-state index contributed by atoms with van der Waals surface area (Å²) in [6.45, 7) is -0.171. The first-order chi connectivity index (χ1) is 25.5.